The molecule has 5 nitrogen and oxygen atoms in total. The van der Waals surface area contributed by atoms with Crippen LogP contribution in [0.15, 0.2) is 18.2 Å². The van der Waals surface area contributed by atoms with Crippen molar-refractivity contribution in [2.45, 2.75) is 25.7 Å². The highest BCUT2D eigenvalue weighted by atomic mass is 16.5. The Hall–Kier alpha value is -1.75. The van der Waals surface area contributed by atoms with Crippen molar-refractivity contribution in [2.75, 3.05) is 27.4 Å². The molecule has 0 saturated carbocycles. The molecule has 1 aromatic rings. The van der Waals surface area contributed by atoms with Gasteiger partial charge in [-0.2, -0.15) is 0 Å². The molecule has 0 heterocycles. The van der Waals surface area contributed by atoms with Gasteiger partial charge in [-0.15, -0.1) is 0 Å². The predicted octanol–water partition coefficient (Wildman–Crippen LogP) is 1.99. The number of methoxy groups -OCH3 is 2. The molecule has 0 bridgehead atoms. The van der Waals surface area contributed by atoms with Crippen LogP contribution in [0.25, 0.3) is 0 Å². The fraction of sp³-hybridized carbons (Fsp3) is 0.533. The third-order valence-corrected chi connectivity index (χ3v) is 2.98. The molecule has 0 unspecified atom stereocenters. The topological polar surface area (TPSA) is 67.8 Å². The summed E-state index contributed by atoms with van der Waals surface area (Å²) in [6, 6.07) is 5.10. The molecule has 0 radical (unpaired) electrons. The van der Waals surface area contributed by atoms with E-state index in [2.05, 4.69) is 5.32 Å². The molecule has 20 heavy (non-hydrogen) atoms. The van der Waals surface area contributed by atoms with Crippen molar-refractivity contribution in [3.63, 3.8) is 0 Å². The fourth-order valence-electron chi connectivity index (χ4n) is 1.83. The molecule has 112 valence electrons. The second-order valence-electron chi connectivity index (χ2n) is 4.50. The molecular formula is C15H23NO4. The summed E-state index contributed by atoms with van der Waals surface area (Å²) in [5.41, 5.74) is 0.525. The van der Waals surface area contributed by atoms with Crippen LogP contribution >= 0.6 is 0 Å². The third kappa shape index (κ3) is 5.48. The Morgan fingerprint density at radius 2 is 1.65 bits per heavy atom. The van der Waals surface area contributed by atoms with Gasteiger partial charge in [-0.3, -0.25) is 4.79 Å². The van der Waals surface area contributed by atoms with Crippen LogP contribution in [0.5, 0.6) is 11.5 Å². The lowest BCUT2D eigenvalue weighted by atomic mass is 10.1. The van der Waals surface area contributed by atoms with Crippen LogP contribution in [-0.2, 0) is 0 Å². The van der Waals surface area contributed by atoms with Crippen LogP contribution in [0.3, 0.4) is 0 Å². The predicted molar refractivity (Wildman–Crippen MR) is 77.4 cm³/mol. The molecule has 2 N–H and O–H groups in total. The first-order valence-corrected chi connectivity index (χ1v) is 6.83. The highest BCUT2D eigenvalue weighted by Crippen LogP contribution is 2.22. The van der Waals surface area contributed by atoms with E-state index in [9.17, 15) is 4.79 Å². The molecule has 0 aliphatic carbocycles. The van der Waals surface area contributed by atoms with Gasteiger partial charge in [0.15, 0.2) is 0 Å². The molecule has 0 spiro atoms. The number of amides is 1. The summed E-state index contributed by atoms with van der Waals surface area (Å²) in [7, 11) is 3.11. The van der Waals surface area contributed by atoms with Gasteiger partial charge in [0.05, 0.1) is 14.2 Å². The number of rotatable bonds is 9. The number of benzene rings is 1. The molecule has 0 fully saturated rings. The third-order valence-electron chi connectivity index (χ3n) is 2.98. The summed E-state index contributed by atoms with van der Waals surface area (Å²) in [5.74, 6) is 1.05. The van der Waals surface area contributed by atoms with Crippen LogP contribution in [0.2, 0.25) is 0 Å². The maximum absolute atomic E-state index is 12.0. The zero-order valence-corrected chi connectivity index (χ0v) is 12.1. The highest BCUT2D eigenvalue weighted by Gasteiger charge is 2.09. The standard InChI is InChI=1S/C15H23NO4/c1-19-13-9-12(10-14(11-13)20-2)15(18)16-7-5-3-4-6-8-17/h9-11,17H,3-8H2,1-2H3,(H,16,18). The van der Waals surface area contributed by atoms with Gasteiger partial charge >= 0.3 is 0 Å². The number of aliphatic hydroxyl groups excluding tert-OH is 1. The van der Waals surface area contributed by atoms with E-state index in [-0.39, 0.29) is 12.5 Å². The maximum Gasteiger partial charge on any atom is 0.251 e. The van der Waals surface area contributed by atoms with Gasteiger partial charge in [0.2, 0.25) is 0 Å². The smallest absolute Gasteiger partial charge is 0.251 e. The monoisotopic (exact) mass is 281 g/mol. The first-order chi connectivity index (χ1) is 9.71. The van der Waals surface area contributed by atoms with Gasteiger partial charge in [0.25, 0.3) is 5.91 Å². The van der Waals surface area contributed by atoms with Crippen molar-refractivity contribution < 1.29 is 19.4 Å². The number of carbonyl (C=O) groups excluding carboxylic acids is 1. The van der Waals surface area contributed by atoms with Crippen molar-refractivity contribution in [1.82, 2.24) is 5.32 Å². The van der Waals surface area contributed by atoms with E-state index in [4.69, 9.17) is 14.6 Å². The van der Waals surface area contributed by atoms with Crippen LogP contribution in [0.1, 0.15) is 36.0 Å². The maximum atomic E-state index is 12.0. The fourth-order valence-corrected chi connectivity index (χ4v) is 1.83. The van der Waals surface area contributed by atoms with Crippen molar-refractivity contribution in [3.8, 4) is 11.5 Å². The number of unbranched alkanes of at least 4 members (excludes halogenated alkanes) is 3. The lowest BCUT2D eigenvalue weighted by molar-refractivity contribution is 0.0952. The van der Waals surface area contributed by atoms with Crippen molar-refractivity contribution in [1.29, 1.82) is 0 Å². The van der Waals surface area contributed by atoms with E-state index in [0.29, 0.717) is 23.6 Å². The second kappa shape index (κ2) is 9.20. The van der Waals surface area contributed by atoms with Crippen molar-refractivity contribution in [3.05, 3.63) is 23.8 Å². The largest absolute Gasteiger partial charge is 0.497 e. The Balaban J connectivity index is 2.46. The summed E-state index contributed by atoms with van der Waals surface area (Å²) in [6.45, 7) is 0.861. The number of hydrogen-bond donors (Lipinski definition) is 2. The molecule has 1 rings (SSSR count). The quantitative estimate of drug-likeness (QED) is 0.679. The van der Waals surface area contributed by atoms with Gasteiger partial charge in [-0.1, -0.05) is 12.8 Å². The van der Waals surface area contributed by atoms with Crippen molar-refractivity contribution in [2.24, 2.45) is 0 Å². The Bertz CT molecular complexity index is 398. The van der Waals surface area contributed by atoms with E-state index in [1.165, 1.54) is 0 Å². The summed E-state index contributed by atoms with van der Waals surface area (Å²) >= 11 is 0. The van der Waals surface area contributed by atoms with Crippen LogP contribution in [-0.4, -0.2) is 38.4 Å². The van der Waals surface area contributed by atoms with Crippen LogP contribution in [0.4, 0.5) is 0 Å². The number of carbonyl (C=O) groups is 1. The van der Waals surface area contributed by atoms with Crippen LogP contribution < -0.4 is 14.8 Å². The Kier molecular flexibility index (Phi) is 7.50. The molecule has 1 amide bonds. The minimum absolute atomic E-state index is 0.135. The second-order valence-corrected chi connectivity index (χ2v) is 4.50. The van der Waals surface area contributed by atoms with Gasteiger partial charge in [0, 0.05) is 24.8 Å². The summed E-state index contributed by atoms with van der Waals surface area (Å²) in [6.07, 6.45) is 3.72. The number of aliphatic hydroxyl groups is 1. The van der Waals surface area contributed by atoms with Gasteiger partial charge < -0.3 is 19.9 Å². The SMILES string of the molecule is COc1cc(OC)cc(C(=O)NCCCCCCO)c1. The minimum atomic E-state index is -0.135. The number of hydrogen-bond acceptors (Lipinski definition) is 4. The highest BCUT2D eigenvalue weighted by molar-refractivity contribution is 5.95. The first kappa shape index (κ1) is 16.3. The summed E-state index contributed by atoms with van der Waals surface area (Å²) < 4.78 is 10.3. The summed E-state index contributed by atoms with van der Waals surface area (Å²) in [4.78, 5) is 12.0. The number of ether oxygens (including phenoxy) is 2. The molecule has 0 aliphatic rings. The van der Waals surface area contributed by atoms with E-state index in [0.717, 1.165) is 25.7 Å². The average molecular weight is 281 g/mol. The first-order valence-electron chi connectivity index (χ1n) is 6.83. The molecule has 1 aromatic carbocycles. The zero-order valence-electron chi connectivity index (χ0n) is 12.1. The molecular weight excluding hydrogens is 258 g/mol. The van der Waals surface area contributed by atoms with E-state index in [1.54, 1.807) is 32.4 Å². The Morgan fingerprint density at radius 3 is 2.20 bits per heavy atom. The van der Waals surface area contributed by atoms with E-state index < -0.39 is 0 Å². The van der Waals surface area contributed by atoms with E-state index >= 15 is 0 Å². The molecule has 0 aliphatic heterocycles. The Labute approximate surface area is 119 Å². The van der Waals surface area contributed by atoms with Gasteiger partial charge in [-0.05, 0) is 25.0 Å². The summed E-state index contributed by atoms with van der Waals surface area (Å²) in [5, 5.41) is 11.5. The minimum Gasteiger partial charge on any atom is -0.497 e. The van der Waals surface area contributed by atoms with Gasteiger partial charge in [-0.25, -0.2) is 0 Å². The normalized spacial score (nSPS) is 10.2. The lowest BCUT2D eigenvalue weighted by Crippen LogP contribution is -2.24. The molecule has 0 saturated heterocycles. The number of nitrogens with one attached hydrogen (secondary N) is 1. The zero-order chi connectivity index (χ0) is 14.8. The molecule has 5 heteroatoms. The molecule has 0 atom stereocenters. The average Bonchev–Trinajstić information content (AvgIpc) is 2.49. The van der Waals surface area contributed by atoms with Crippen molar-refractivity contribution >= 4 is 5.91 Å². The lowest BCUT2D eigenvalue weighted by Gasteiger charge is -2.09. The van der Waals surface area contributed by atoms with Crippen LogP contribution in [0, 0.1) is 0 Å². The van der Waals surface area contributed by atoms with Gasteiger partial charge in [0.1, 0.15) is 11.5 Å². The van der Waals surface area contributed by atoms with E-state index in [1.807, 2.05) is 0 Å². The Morgan fingerprint density at radius 1 is 1.05 bits per heavy atom. The molecule has 0 aromatic heterocycles.